The highest BCUT2D eigenvalue weighted by Crippen LogP contribution is 2.35. The van der Waals surface area contributed by atoms with Crippen LogP contribution in [0.25, 0.3) is 10.9 Å². The van der Waals surface area contributed by atoms with E-state index in [0.29, 0.717) is 39.5 Å². The van der Waals surface area contributed by atoms with E-state index in [1.54, 1.807) is 18.2 Å². The Morgan fingerprint density at radius 3 is 2.71 bits per heavy atom. The molecule has 0 saturated heterocycles. The summed E-state index contributed by atoms with van der Waals surface area (Å²) in [6.45, 7) is -0.518. The zero-order chi connectivity index (χ0) is 22.0. The number of benzene rings is 2. The Morgan fingerprint density at radius 1 is 1.10 bits per heavy atom. The maximum Gasteiger partial charge on any atom is 0.258 e. The molecule has 3 aromatic rings. The Hall–Kier alpha value is -3.47. The molecular weight excluding hydrogens is 473 g/mol. The third kappa shape index (κ3) is 4.50. The second-order valence-electron chi connectivity index (χ2n) is 6.63. The molecule has 0 fully saturated rings. The molecule has 0 aliphatic carbocycles. The van der Waals surface area contributed by atoms with Gasteiger partial charge in [0.15, 0.2) is 18.1 Å². The molecule has 2 heterocycles. The van der Waals surface area contributed by atoms with Gasteiger partial charge in [-0.2, -0.15) is 0 Å². The molecule has 2 aromatic carbocycles. The van der Waals surface area contributed by atoms with Crippen LogP contribution in [0.3, 0.4) is 0 Å². The zero-order valence-corrected chi connectivity index (χ0v) is 17.9. The standard InChI is InChI=1S/C20H17BrFN5O4/c1-30-16-5-15-11-3-17(16)31-8-19(29)24-7-18(28)23-6-10-2-13(22)12(21)4-14(10)27-20(11)26-9-25-15/h2-5,9H,6-8H2,1H3,(H,23,28)(H,24,29)(H,25,26,27). The molecule has 160 valence electrons. The Balaban J connectivity index is 1.85. The van der Waals surface area contributed by atoms with Gasteiger partial charge in [0, 0.05) is 23.7 Å². The first kappa shape index (κ1) is 20.8. The van der Waals surface area contributed by atoms with Gasteiger partial charge in [-0.1, -0.05) is 0 Å². The minimum Gasteiger partial charge on any atom is -0.493 e. The summed E-state index contributed by atoms with van der Waals surface area (Å²) in [5.74, 6) is -0.262. The zero-order valence-electron chi connectivity index (χ0n) is 16.3. The molecular formula is C20H17BrFN5O4. The Bertz CT molecular complexity index is 1190. The highest BCUT2D eigenvalue weighted by molar-refractivity contribution is 9.10. The molecule has 3 N–H and O–H groups in total. The van der Waals surface area contributed by atoms with Crippen molar-refractivity contribution in [2.24, 2.45) is 0 Å². The van der Waals surface area contributed by atoms with Crippen LogP contribution in [0.15, 0.2) is 35.1 Å². The molecule has 31 heavy (non-hydrogen) atoms. The number of carbonyl (C=O) groups excluding carboxylic acids is 2. The predicted octanol–water partition coefficient (Wildman–Crippen LogP) is 2.41. The number of carbonyl (C=O) groups is 2. The largest absolute Gasteiger partial charge is 0.493 e. The number of aromatic nitrogens is 2. The van der Waals surface area contributed by atoms with Crippen LogP contribution in [0.5, 0.6) is 11.5 Å². The van der Waals surface area contributed by atoms with E-state index in [0.717, 1.165) is 0 Å². The topological polar surface area (TPSA) is 114 Å². The van der Waals surface area contributed by atoms with Crippen LogP contribution >= 0.6 is 15.9 Å². The fraction of sp³-hybridized carbons (Fsp3) is 0.200. The minimum atomic E-state index is -0.481. The van der Waals surface area contributed by atoms with Gasteiger partial charge in [0.1, 0.15) is 18.0 Å². The first-order chi connectivity index (χ1) is 14.9. The summed E-state index contributed by atoms with van der Waals surface area (Å²) in [6, 6.07) is 6.20. The second kappa shape index (κ2) is 8.72. The number of hydrogen-bond donors (Lipinski definition) is 3. The SMILES string of the molecule is COc1cc2ncnc3c2cc1OCC(=O)NCC(=O)NCc1cc(F)c(Br)cc1N3. The number of hydrogen-bond acceptors (Lipinski definition) is 7. The third-order valence-corrected chi connectivity index (χ3v) is 5.21. The highest BCUT2D eigenvalue weighted by Gasteiger charge is 2.17. The molecule has 1 aliphatic heterocycles. The average molecular weight is 490 g/mol. The average Bonchev–Trinajstić information content (AvgIpc) is 2.76. The molecule has 0 saturated carbocycles. The number of amides is 2. The van der Waals surface area contributed by atoms with Crippen molar-refractivity contribution in [3.05, 3.63) is 46.4 Å². The van der Waals surface area contributed by atoms with Crippen LogP contribution in [0.4, 0.5) is 15.9 Å². The van der Waals surface area contributed by atoms with Crippen molar-refractivity contribution in [1.29, 1.82) is 0 Å². The smallest absolute Gasteiger partial charge is 0.258 e. The number of methoxy groups -OCH3 is 1. The Kier molecular flexibility index (Phi) is 5.85. The summed E-state index contributed by atoms with van der Waals surface area (Å²) in [7, 11) is 1.48. The summed E-state index contributed by atoms with van der Waals surface area (Å²) in [4.78, 5) is 32.7. The lowest BCUT2D eigenvalue weighted by molar-refractivity contribution is -0.127. The van der Waals surface area contributed by atoms with E-state index < -0.39 is 17.6 Å². The molecule has 1 aromatic heterocycles. The van der Waals surface area contributed by atoms with E-state index in [2.05, 4.69) is 41.8 Å². The number of fused-ring (bicyclic) bond motifs is 2. The molecule has 2 bridgehead atoms. The second-order valence-corrected chi connectivity index (χ2v) is 7.49. The summed E-state index contributed by atoms with van der Waals surface area (Å²) in [5.41, 5.74) is 1.60. The normalized spacial score (nSPS) is 14.4. The highest BCUT2D eigenvalue weighted by atomic mass is 79.9. The van der Waals surface area contributed by atoms with Gasteiger partial charge in [0.2, 0.25) is 5.91 Å². The maximum atomic E-state index is 14.2. The van der Waals surface area contributed by atoms with Crippen molar-refractivity contribution >= 4 is 50.2 Å². The fourth-order valence-corrected chi connectivity index (χ4v) is 3.39. The third-order valence-electron chi connectivity index (χ3n) is 4.60. The monoisotopic (exact) mass is 489 g/mol. The first-order valence-corrected chi connectivity index (χ1v) is 9.98. The van der Waals surface area contributed by atoms with Gasteiger partial charge in [-0.25, -0.2) is 14.4 Å². The Labute approximate surface area is 184 Å². The number of anilines is 2. The van der Waals surface area contributed by atoms with Gasteiger partial charge in [0.05, 0.1) is 23.6 Å². The lowest BCUT2D eigenvalue weighted by atomic mass is 10.1. The molecule has 9 nitrogen and oxygen atoms in total. The summed E-state index contributed by atoms with van der Waals surface area (Å²) in [6.07, 6.45) is 1.38. The van der Waals surface area contributed by atoms with Gasteiger partial charge in [-0.3, -0.25) is 9.59 Å². The molecule has 4 rings (SSSR count). The number of ether oxygens (including phenoxy) is 2. The van der Waals surface area contributed by atoms with E-state index in [1.807, 2.05) is 0 Å². The van der Waals surface area contributed by atoms with Crippen molar-refractivity contribution in [2.75, 3.05) is 25.6 Å². The number of nitrogens with zero attached hydrogens (tertiary/aromatic N) is 2. The molecule has 2 amide bonds. The van der Waals surface area contributed by atoms with Crippen LogP contribution in [0.2, 0.25) is 0 Å². The van der Waals surface area contributed by atoms with Gasteiger partial charge in [0.25, 0.3) is 5.91 Å². The van der Waals surface area contributed by atoms with E-state index in [9.17, 15) is 14.0 Å². The number of halogens is 2. The van der Waals surface area contributed by atoms with E-state index in [4.69, 9.17) is 9.47 Å². The molecule has 11 heteroatoms. The van der Waals surface area contributed by atoms with Crippen molar-refractivity contribution in [1.82, 2.24) is 20.6 Å². The minimum absolute atomic E-state index is 0.0415. The number of rotatable bonds is 1. The first-order valence-electron chi connectivity index (χ1n) is 9.18. The van der Waals surface area contributed by atoms with E-state index >= 15 is 0 Å². The van der Waals surface area contributed by atoms with Crippen LogP contribution in [-0.4, -0.2) is 42.0 Å². The molecule has 0 radical (unpaired) electrons. The fourth-order valence-electron chi connectivity index (χ4n) is 3.04. The van der Waals surface area contributed by atoms with E-state index in [-0.39, 0.29) is 24.2 Å². The van der Waals surface area contributed by atoms with Gasteiger partial charge in [-0.15, -0.1) is 0 Å². The Morgan fingerprint density at radius 2 is 1.90 bits per heavy atom. The van der Waals surface area contributed by atoms with Crippen molar-refractivity contribution in [2.45, 2.75) is 6.54 Å². The predicted molar refractivity (Wildman–Crippen MR) is 114 cm³/mol. The van der Waals surface area contributed by atoms with Gasteiger partial charge < -0.3 is 25.4 Å². The lowest BCUT2D eigenvalue weighted by Crippen LogP contribution is -2.38. The maximum absolute atomic E-state index is 14.2. The van der Waals surface area contributed by atoms with Crippen LogP contribution in [-0.2, 0) is 16.1 Å². The molecule has 0 spiro atoms. The summed E-state index contributed by atoms with van der Waals surface area (Å²) in [5, 5.41) is 8.91. The molecule has 0 atom stereocenters. The van der Waals surface area contributed by atoms with Crippen molar-refractivity contribution in [3.63, 3.8) is 0 Å². The van der Waals surface area contributed by atoms with Gasteiger partial charge >= 0.3 is 0 Å². The molecule has 1 aliphatic rings. The van der Waals surface area contributed by atoms with Crippen molar-refractivity contribution < 1.29 is 23.5 Å². The summed E-state index contributed by atoms with van der Waals surface area (Å²) >= 11 is 3.19. The van der Waals surface area contributed by atoms with Gasteiger partial charge in [-0.05, 0) is 39.7 Å². The lowest BCUT2D eigenvalue weighted by Gasteiger charge is -2.15. The van der Waals surface area contributed by atoms with E-state index in [1.165, 1.54) is 19.5 Å². The van der Waals surface area contributed by atoms with Crippen LogP contribution in [0.1, 0.15) is 5.56 Å². The number of nitrogens with one attached hydrogen (secondary N) is 3. The molecule has 0 unspecified atom stereocenters. The summed E-state index contributed by atoms with van der Waals surface area (Å²) < 4.78 is 25.4. The van der Waals surface area contributed by atoms with Crippen LogP contribution in [0, 0.1) is 5.82 Å². The van der Waals surface area contributed by atoms with Crippen molar-refractivity contribution in [3.8, 4) is 11.5 Å². The quantitative estimate of drug-likeness (QED) is 0.480. The van der Waals surface area contributed by atoms with Crippen LogP contribution < -0.4 is 25.4 Å².